The van der Waals surface area contributed by atoms with Gasteiger partial charge in [0.05, 0.1) is 45.8 Å². The van der Waals surface area contributed by atoms with Crippen molar-refractivity contribution in [2.24, 2.45) is 0 Å². The van der Waals surface area contributed by atoms with Crippen LogP contribution in [0.15, 0.2) is 71.6 Å². The molecule has 1 aliphatic rings. The fourth-order valence-electron chi connectivity index (χ4n) is 4.38. The van der Waals surface area contributed by atoms with Crippen molar-refractivity contribution in [1.29, 1.82) is 0 Å². The number of halogens is 2. The number of aromatic nitrogens is 2. The van der Waals surface area contributed by atoms with Crippen LogP contribution in [0.1, 0.15) is 44.6 Å². The number of rotatable bonds is 11. The van der Waals surface area contributed by atoms with Gasteiger partial charge in [-0.1, -0.05) is 53.5 Å². The van der Waals surface area contributed by atoms with Crippen molar-refractivity contribution >= 4 is 68.5 Å². The number of urea groups is 1. The molecule has 0 atom stereocenters. The van der Waals surface area contributed by atoms with E-state index in [0.717, 1.165) is 5.56 Å². The molecule has 0 saturated carbocycles. The second kappa shape index (κ2) is 17.9. The summed E-state index contributed by atoms with van der Waals surface area (Å²) in [6.07, 6.45) is -0.416. The number of benzene rings is 3. The van der Waals surface area contributed by atoms with Gasteiger partial charge < -0.3 is 24.3 Å². The second-order valence-corrected chi connectivity index (χ2v) is 13.3. The van der Waals surface area contributed by atoms with Crippen LogP contribution in [-0.4, -0.2) is 69.1 Å². The smallest absolute Gasteiger partial charge is 0.342 e. The lowest BCUT2D eigenvalue weighted by Crippen LogP contribution is -2.39. The first-order valence-electron chi connectivity index (χ1n) is 15.4. The van der Waals surface area contributed by atoms with Gasteiger partial charge in [-0.05, 0) is 69.7 Å². The van der Waals surface area contributed by atoms with Crippen LogP contribution < -0.4 is 15.4 Å². The molecule has 1 saturated heterocycles. The molecule has 0 radical (unpaired) electrons. The monoisotopic (exact) mass is 759 g/mol. The second-order valence-electron chi connectivity index (χ2n) is 10.9. The number of nitrogens with one attached hydrogen (secondary N) is 3. The number of anilines is 3. The zero-order valence-electron chi connectivity index (χ0n) is 28.0. The number of carbonyl (C=O) groups excluding carboxylic acids is 3. The molecule has 0 spiro atoms. The Morgan fingerprint density at radius 2 is 1.55 bits per heavy atom. The van der Waals surface area contributed by atoms with Crippen molar-refractivity contribution in [1.82, 2.24) is 14.7 Å². The molecule has 14 nitrogen and oxygen atoms in total. The summed E-state index contributed by atoms with van der Waals surface area (Å²) in [6.45, 7) is 8.04. The van der Waals surface area contributed by atoms with Gasteiger partial charge in [-0.3, -0.25) is 5.32 Å². The summed E-state index contributed by atoms with van der Waals surface area (Å²) in [4.78, 5) is 44.2. The van der Waals surface area contributed by atoms with Crippen molar-refractivity contribution in [3.05, 3.63) is 105 Å². The summed E-state index contributed by atoms with van der Waals surface area (Å²) >= 11 is 12.5. The minimum Gasteiger partial charge on any atom is -0.454 e. The average Bonchev–Trinajstić information content (AvgIpc) is 3.06. The van der Waals surface area contributed by atoms with Gasteiger partial charge in [0.15, 0.2) is 6.79 Å². The molecule has 5 rings (SSSR count). The van der Waals surface area contributed by atoms with Crippen LogP contribution in [0.25, 0.3) is 0 Å². The van der Waals surface area contributed by atoms with Gasteiger partial charge in [0, 0.05) is 18.0 Å². The number of sulfonamides is 1. The van der Waals surface area contributed by atoms with Gasteiger partial charge >= 0.3 is 18.0 Å². The molecule has 0 unspecified atom stereocenters. The van der Waals surface area contributed by atoms with E-state index in [1.165, 1.54) is 24.3 Å². The van der Waals surface area contributed by atoms with Crippen LogP contribution >= 0.6 is 23.2 Å². The Balaban J connectivity index is 0.000000233. The third-order valence-electron chi connectivity index (χ3n) is 6.88. The van der Waals surface area contributed by atoms with E-state index in [9.17, 15) is 22.8 Å². The van der Waals surface area contributed by atoms with Gasteiger partial charge in [-0.15, -0.1) is 0 Å². The van der Waals surface area contributed by atoms with Crippen molar-refractivity contribution in [2.75, 3.05) is 37.2 Å². The fourth-order valence-corrected chi connectivity index (χ4v) is 5.95. The Hall–Kier alpha value is -4.80. The maximum atomic E-state index is 12.6. The molecule has 2 amide bonds. The number of esters is 2. The molecule has 3 N–H and O–H groups in total. The van der Waals surface area contributed by atoms with Crippen LogP contribution in [0.2, 0.25) is 10.0 Å². The standard InChI is InChI=1S/C17H17Cl2NO3.C17H18N4O6S/c1-3-22-10-23-17(21)12-6-4-5-7-14(12)20-16-13(18)9-8-11(2)15(16)19;1-10-7-11(2)19-16(18-10)20-17(23)21-28(24,25)14-6-4-3-5-13(14)15(22)27-12-8-26-9-12/h4-9,20H,3,10H2,1-2H3;3-7,12H,8-9H2,1-2H3,(H2,18,19,20,21,23). The van der Waals surface area contributed by atoms with E-state index >= 15 is 0 Å². The Bertz CT molecular complexity index is 1990. The number of nitrogens with zero attached hydrogens (tertiary/aromatic N) is 2. The lowest BCUT2D eigenvalue weighted by molar-refractivity contribution is -0.103. The first kappa shape index (κ1) is 39.0. The number of hydrogen-bond acceptors (Lipinski definition) is 12. The number of ether oxygens (including phenoxy) is 4. The van der Waals surface area contributed by atoms with Crippen LogP contribution in [0, 0.1) is 20.8 Å². The Morgan fingerprint density at radius 1 is 0.902 bits per heavy atom. The summed E-state index contributed by atoms with van der Waals surface area (Å²) in [5.74, 6) is -1.34. The van der Waals surface area contributed by atoms with E-state index in [4.69, 9.17) is 42.1 Å². The highest BCUT2D eigenvalue weighted by Crippen LogP contribution is 2.36. The van der Waals surface area contributed by atoms with Crippen LogP contribution in [-0.2, 0) is 29.0 Å². The van der Waals surface area contributed by atoms with Gasteiger partial charge in [0.1, 0.15) is 11.0 Å². The number of hydrogen-bond donors (Lipinski definition) is 3. The van der Waals surface area contributed by atoms with Gasteiger partial charge in [0.25, 0.3) is 10.0 Å². The highest BCUT2D eigenvalue weighted by atomic mass is 35.5. The SMILES string of the molecule is CCOCOC(=O)c1ccccc1Nc1c(Cl)ccc(C)c1Cl.Cc1cc(C)nc(NC(=O)NS(=O)(=O)c2ccccc2C(=O)OC2COC2)n1. The molecule has 51 heavy (non-hydrogen) atoms. The predicted octanol–water partition coefficient (Wildman–Crippen LogP) is 6.36. The number of carbonyl (C=O) groups is 3. The number of amides is 2. The molecular formula is C34H35Cl2N5O9S. The normalized spacial score (nSPS) is 12.4. The molecular weight excluding hydrogens is 725 g/mol. The van der Waals surface area contributed by atoms with Crippen molar-refractivity contribution < 1.29 is 41.7 Å². The molecule has 1 aromatic heterocycles. The number of para-hydroxylation sites is 1. The first-order chi connectivity index (χ1) is 24.3. The minimum absolute atomic E-state index is 0.0390. The van der Waals surface area contributed by atoms with Crippen molar-refractivity contribution in [2.45, 2.75) is 38.7 Å². The van der Waals surface area contributed by atoms with E-state index < -0.39 is 34.1 Å². The quantitative estimate of drug-likeness (QED) is 0.0875. The molecule has 270 valence electrons. The minimum atomic E-state index is -4.35. The zero-order chi connectivity index (χ0) is 37.1. The summed E-state index contributed by atoms with van der Waals surface area (Å²) < 4.78 is 47.3. The molecule has 0 bridgehead atoms. The average molecular weight is 761 g/mol. The van der Waals surface area contributed by atoms with Crippen molar-refractivity contribution in [3.63, 3.8) is 0 Å². The number of aryl methyl sites for hydroxylation is 3. The van der Waals surface area contributed by atoms with E-state index in [1.54, 1.807) is 50.2 Å². The van der Waals surface area contributed by atoms with E-state index in [-0.39, 0.29) is 36.4 Å². The third kappa shape index (κ3) is 10.8. The van der Waals surface area contributed by atoms with E-state index in [2.05, 4.69) is 20.6 Å². The zero-order valence-corrected chi connectivity index (χ0v) is 30.3. The Morgan fingerprint density at radius 3 is 2.20 bits per heavy atom. The molecule has 3 aromatic carbocycles. The molecule has 0 aliphatic carbocycles. The van der Waals surface area contributed by atoms with Crippen LogP contribution in [0.3, 0.4) is 0 Å². The maximum absolute atomic E-state index is 12.6. The summed E-state index contributed by atoms with van der Waals surface area (Å²) in [5, 5.41) is 6.36. The predicted molar refractivity (Wildman–Crippen MR) is 190 cm³/mol. The summed E-state index contributed by atoms with van der Waals surface area (Å²) in [6, 6.07) is 16.6. The molecule has 17 heteroatoms. The molecule has 4 aromatic rings. The van der Waals surface area contributed by atoms with E-state index in [1.807, 2.05) is 24.6 Å². The van der Waals surface area contributed by atoms with Gasteiger partial charge in [-0.25, -0.2) is 37.5 Å². The van der Waals surface area contributed by atoms with Crippen molar-refractivity contribution in [3.8, 4) is 0 Å². The third-order valence-corrected chi connectivity index (χ3v) is 9.07. The lowest BCUT2D eigenvalue weighted by Gasteiger charge is -2.25. The largest absolute Gasteiger partial charge is 0.454 e. The van der Waals surface area contributed by atoms with Gasteiger partial charge in [0.2, 0.25) is 5.95 Å². The first-order valence-corrected chi connectivity index (χ1v) is 17.6. The lowest BCUT2D eigenvalue weighted by atomic mass is 10.1. The fraction of sp³-hybridized carbons (Fsp3) is 0.265. The molecule has 1 aliphatic heterocycles. The van der Waals surface area contributed by atoms with Gasteiger partial charge in [-0.2, -0.15) is 0 Å². The Kier molecular flexibility index (Phi) is 13.7. The highest BCUT2D eigenvalue weighted by molar-refractivity contribution is 7.90. The summed E-state index contributed by atoms with van der Waals surface area (Å²) in [5.41, 5.74) is 3.41. The maximum Gasteiger partial charge on any atom is 0.342 e. The Labute approximate surface area is 304 Å². The van der Waals surface area contributed by atoms with E-state index in [0.29, 0.717) is 45.0 Å². The summed E-state index contributed by atoms with van der Waals surface area (Å²) in [7, 11) is -4.35. The topological polar surface area (TPSA) is 184 Å². The molecule has 2 heterocycles. The van der Waals surface area contributed by atoms with Crippen LogP contribution in [0.5, 0.6) is 0 Å². The van der Waals surface area contributed by atoms with Crippen LogP contribution in [0.4, 0.5) is 22.1 Å². The highest BCUT2D eigenvalue weighted by Gasteiger charge is 2.29. The molecule has 1 fully saturated rings.